The van der Waals surface area contributed by atoms with Crippen molar-refractivity contribution < 1.29 is 37.9 Å². The van der Waals surface area contributed by atoms with E-state index >= 15 is 0 Å². The summed E-state index contributed by atoms with van der Waals surface area (Å²) in [6, 6.07) is 0. The molecule has 2 atom stereocenters. The molecule has 3 N–H and O–H groups in total. The molecule has 1 amide bonds. The van der Waals surface area contributed by atoms with Gasteiger partial charge in [0.05, 0.1) is 13.2 Å². The molecular formula is C44H82NO8P. The maximum atomic E-state index is 12.1. The second kappa shape index (κ2) is 40.9. The van der Waals surface area contributed by atoms with Crippen LogP contribution in [0.25, 0.3) is 0 Å². The predicted molar refractivity (Wildman–Crippen MR) is 224 cm³/mol. The highest BCUT2D eigenvalue weighted by atomic mass is 31.2. The van der Waals surface area contributed by atoms with Gasteiger partial charge in [-0.15, -0.1) is 0 Å². The monoisotopic (exact) mass is 784 g/mol. The lowest BCUT2D eigenvalue weighted by Gasteiger charge is -2.15. The van der Waals surface area contributed by atoms with Gasteiger partial charge < -0.3 is 20.1 Å². The van der Waals surface area contributed by atoms with Gasteiger partial charge in [-0.3, -0.25) is 18.6 Å². The van der Waals surface area contributed by atoms with E-state index in [1.165, 1.54) is 109 Å². The fourth-order valence-corrected chi connectivity index (χ4v) is 6.69. The third kappa shape index (κ3) is 41.4. The van der Waals surface area contributed by atoms with Gasteiger partial charge in [0, 0.05) is 19.4 Å². The van der Waals surface area contributed by atoms with Gasteiger partial charge in [-0.25, -0.2) is 4.57 Å². The van der Waals surface area contributed by atoms with Crippen LogP contribution in [-0.4, -0.2) is 54.3 Å². The van der Waals surface area contributed by atoms with Crippen LogP contribution in [0.15, 0.2) is 36.5 Å². The van der Waals surface area contributed by atoms with E-state index in [2.05, 4.69) is 55.6 Å². The summed E-state index contributed by atoms with van der Waals surface area (Å²) in [5.74, 6) is -0.533. The molecule has 0 saturated carbocycles. The molecule has 9 nitrogen and oxygen atoms in total. The number of carbonyl (C=O) groups is 2. The Labute approximate surface area is 331 Å². The van der Waals surface area contributed by atoms with Gasteiger partial charge in [-0.1, -0.05) is 153 Å². The number of phosphoric acid groups is 1. The molecule has 0 aliphatic heterocycles. The average molecular weight is 784 g/mol. The second-order valence-corrected chi connectivity index (χ2v) is 16.1. The summed E-state index contributed by atoms with van der Waals surface area (Å²) in [4.78, 5) is 33.9. The van der Waals surface area contributed by atoms with Crippen LogP contribution >= 0.6 is 7.82 Å². The molecule has 0 aliphatic rings. The molecule has 0 aliphatic carbocycles. The van der Waals surface area contributed by atoms with E-state index in [4.69, 9.17) is 13.8 Å². The summed E-state index contributed by atoms with van der Waals surface area (Å²) in [6.07, 6.45) is 45.0. The van der Waals surface area contributed by atoms with Gasteiger partial charge >= 0.3 is 13.8 Å². The fraction of sp³-hybridized carbons (Fsp3) is 0.818. The lowest BCUT2D eigenvalue weighted by molar-refractivity contribution is -0.147. The minimum absolute atomic E-state index is 0.0779. The first-order chi connectivity index (χ1) is 26.3. The molecule has 0 bridgehead atoms. The number of allylic oxidation sites excluding steroid dienone is 6. The van der Waals surface area contributed by atoms with Crippen molar-refractivity contribution >= 4 is 19.7 Å². The van der Waals surface area contributed by atoms with E-state index in [1.54, 1.807) is 0 Å². The lowest BCUT2D eigenvalue weighted by atomic mass is 10.1. The number of unbranched alkanes of at least 4 members (excludes halogenated alkanes) is 22. The van der Waals surface area contributed by atoms with Gasteiger partial charge in [0.1, 0.15) is 12.7 Å². The first-order valence-corrected chi connectivity index (χ1v) is 23.5. The molecule has 0 fully saturated rings. The molecule has 10 heteroatoms. The number of nitrogens with one attached hydrogen (secondary N) is 1. The molecule has 0 rings (SSSR count). The molecule has 0 saturated heterocycles. The number of amides is 1. The maximum Gasteiger partial charge on any atom is 0.472 e. The van der Waals surface area contributed by atoms with Crippen LogP contribution < -0.4 is 5.32 Å². The van der Waals surface area contributed by atoms with Gasteiger partial charge in [-0.2, -0.15) is 0 Å². The fourth-order valence-electron chi connectivity index (χ4n) is 5.93. The zero-order valence-corrected chi connectivity index (χ0v) is 35.6. The summed E-state index contributed by atoms with van der Waals surface area (Å²) in [5.41, 5.74) is 0. The first-order valence-electron chi connectivity index (χ1n) is 22.0. The van der Waals surface area contributed by atoms with Gasteiger partial charge in [0.25, 0.3) is 0 Å². The van der Waals surface area contributed by atoms with E-state index in [-0.39, 0.29) is 32.1 Å². The Kier molecular flexibility index (Phi) is 39.5. The van der Waals surface area contributed by atoms with Crippen molar-refractivity contribution in [2.75, 3.05) is 26.4 Å². The highest BCUT2D eigenvalue weighted by Crippen LogP contribution is 2.42. The molecule has 0 aromatic carbocycles. The second-order valence-electron chi connectivity index (χ2n) is 14.7. The van der Waals surface area contributed by atoms with Crippen molar-refractivity contribution in [2.24, 2.45) is 0 Å². The minimum Gasteiger partial charge on any atom is -0.463 e. The number of ether oxygens (including phenoxy) is 1. The number of hydrogen-bond acceptors (Lipinski definition) is 7. The zero-order valence-electron chi connectivity index (χ0n) is 34.7. The van der Waals surface area contributed by atoms with Crippen LogP contribution in [0.3, 0.4) is 0 Å². The highest BCUT2D eigenvalue weighted by molar-refractivity contribution is 7.47. The molecule has 0 spiro atoms. The number of phosphoric ester groups is 1. The minimum atomic E-state index is -4.42. The number of hydrogen-bond donors (Lipinski definition) is 3. The van der Waals surface area contributed by atoms with Crippen molar-refractivity contribution in [3.05, 3.63) is 36.5 Å². The third-order valence-corrected chi connectivity index (χ3v) is 10.3. The molecule has 0 heterocycles. The van der Waals surface area contributed by atoms with Crippen LogP contribution in [0.1, 0.15) is 200 Å². The Morgan fingerprint density at radius 2 is 1.00 bits per heavy atom. The number of esters is 1. The van der Waals surface area contributed by atoms with Crippen LogP contribution in [0, 0.1) is 0 Å². The Hall–Kier alpha value is -1.77. The van der Waals surface area contributed by atoms with E-state index in [1.807, 2.05) is 0 Å². The Morgan fingerprint density at radius 3 is 1.52 bits per heavy atom. The number of rotatable bonds is 41. The van der Waals surface area contributed by atoms with Crippen LogP contribution in [0.5, 0.6) is 0 Å². The summed E-state index contributed by atoms with van der Waals surface area (Å²) >= 11 is 0. The zero-order chi connectivity index (χ0) is 39.6. The van der Waals surface area contributed by atoms with Crippen LogP contribution in [0.4, 0.5) is 0 Å². The number of carbonyl (C=O) groups excluding carboxylic acids is 2. The standard InChI is InChI=1S/C44H82NO8P/c1-3-5-7-9-11-13-15-17-19-21-22-24-26-28-30-32-34-36-43(47)45-38-39-52-54(49,50)53-41-42(46)40-51-44(48)37-35-33-31-29-27-25-23-20-18-16-14-12-10-8-6-4-2/h14,16-17,19-20,23,42,46H,3-13,15,18,21-22,24-41H2,1-2H3,(H,45,47)(H,49,50)/b16-14-,19-17-,23-20-. The highest BCUT2D eigenvalue weighted by Gasteiger charge is 2.23. The molecule has 316 valence electrons. The summed E-state index contributed by atoms with van der Waals surface area (Å²) in [7, 11) is -4.42. The lowest BCUT2D eigenvalue weighted by Crippen LogP contribution is -2.27. The topological polar surface area (TPSA) is 131 Å². The Morgan fingerprint density at radius 1 is 0.574 bits per heavy atom. The normalized spacial score (nSPS) is 13.6. The van der Waals surface area contributed by atoms with Crippen LogP contribution in [-0.2, 0) is 27.9 Å². The van der Waals surface area contributed by atoms with Gasteiger partial charge in [0.15, 0.2) is 0 Å². The molecule has 0 aromatic rings. The van der Waals surface area contributed by atoms with E-state index < -0.39 is 26.5 Å². The van der Waals surface area contributed by atoms with Crippen molar-refractivity contribution in [1.29, 1.82) is 0 Å². The largest absolute Gasteiger partial charge is 0.472 e. The molecule has 54 heavy (non-hydrogen) atoms. The summed E-state index contributed by atoms with van der Waals surface area (Å²) in [6.45, 7) is 3.52. The van der Waals surface area contributed by atoms with Crippen LogP contribution in [0.2, 0.25) is 0 Å². The smallest absolute Gasteiger partial charge is 0.463 e. The summed E-state index contributed by atoms with van der Waals surface area (Å²) in [5, 5.41) is 12.7. The molecule has 2 unspecified atom stereocenters. The quantitative estimate of drug-likeness (QED) is 0.0242. The molecule has 0 radical (unpaired) electrons. The SMILES string of the molecule is CCCCCC/C=C\C/C=C\CCCCCCCC(=O)OCC(O)COP(=O)(O)OCCNC(=O)CCCCCCCCC/C=C\CCCCCCCC. The maximum absolute atomic E-state index is 12.1. The number of aliphatic hydroxyl groups is 1. The van der Waals surface area contributed by atoms with Gasteiger partial charge in [-0.05, 0) is 70.6 Å². The van der Waals surface area contributed by atoms with E-state index in [0.29, 0.717) is 6.42 Å². The average Bonchev–Trinajstić information content (AvgIpc) is 3.16. The van der Waals surface area contributed by atoms with Crippen molar-refractivity contribution in [3.8, 4) is 0 Å². The first kappa shape index (κ1) is 52.2. The van der Waals surface area contributed by atoms with Crippen molar-refractivity contribution in [1.82, 2.24) is 5.32 Å². The van der Waals surface area contributed by atoms with Crippen molar-refractivity contribution in [2.45, 2.75) is 206 Å². The van der Waals surface area contributed by atoms with Gasteiger partial charge in [0.2, 0.25) is 5.91 Å². The van der Waals surface area contributed by atoms with E-state index in [9.17, 15) is 24.2 Å². The van der Waals surface area contributed by atoms with E-state index in [0.717, 1.165) is 64.2 Å². The molecular weight excluding hydrogens is 701 g/mol. The Bertz CT molecular complexity index is 986. The molecule has 0 aromatic heterocycles. The summed E-state index contributed by atoms with van der Waals surface area (Å²) < 4.78 is 26.9. The number of aliphatic hydroxyl groups excluding tert-OH is 1. The predicted octanol–water partition coefficient (Wildman–Crippen LogP) is 12.2. The third-order valence-electron chi connectivity index (χ3n) is 9.29. The Balaban J connectivity index is 3.62. The van der Waals surface area contributed by atoms with Crippen molar-refractivity contribution in [3.63, 3.8) is 0 Å².